The number of aromatic carboxylic acids is 1. The van der Waals surface area contributed by atoms with Gasteiger partial charge in [-0.25, -0.2) is 4.79 Å². The van der Waals surface area contributed by atoms with Gasteiger partial charge in [-0.2, -0.15) is 0 Å². The van der Waals surface area contributed by atoms with Crippen LogP contribution in [0.1, 0.15) is 22.8 Å². The number of hydrogen-bond acceptors (Lipinski definition) is 3. The molecule has 0 saturated carbocycles. The summed E-state index contributed by atoms with van der Waals surface area (Å²) in [4.78, 5) is 11.7. The molecule has 0 radical (unpaired) electrons. The van der Waals surface area contributed by atoms with Gasteiger partial charge in [0, 0.05) is 10.1 Å². The van der Waals surface area contributed by atoms with Gasteiger partial charge in [0.15, 0.2) is 0 Å². The van der Waals surface area contributed by atoms with Crippen LogP contribution < -0.4 is 0 Å². The highest BCUT2D eigenvalue weighted by Crippen LogP contribution is 2.25. The average Bonchev–Trinajstić information content (AvgIpc) is 2.17. The fraction of sp³-hybridized carbons (Fsp3) is 0.364. The molecule has 0 amide bonds. The molecule has 0 aliphatic rings. The van der Waals surface area contributed by atoms with Crippen molar-refractivity contribution in [1.82, 2.24) is 0 Å². The highest BCUT2D eigenvalue weighted by molar-refractivity contribution is 8.00. The summed E-state index contributed by atoms with van der Waals surface area (Å²) in [6.07, 6.45) is 0. The topological polar surface area (TPSA) is 57.5 Å². The summed E-state index contributed by atoms with van der Waals surface area (Å²) in [7, 11) is 0. The van der Waals surface area contributed by atoms with Crippen LogP contribution in [-0.2, 0) is 0 Å². The number of carbonyl (C=O) groups is 1. The molecular formula is C11H14O3S. The first-order chi connectivity index (χ1) is 7.04. The lowest BCUT2D eigenvalue weighted by Gasteiger charge is -2.09. The van der Waals surface area contributed by atoms with Crippen molar-refractivity contribution in [1.29, 1.82) is 0 Å². The van der Waals surface area contributed by atoms with Gasteiger partial charge in [0.2, 0.25) is 0 Å². The molecule has 0 aliphatic heterocycles. The summed E-state index contributed by atoms with van der Waals surface area (Å²) in [5.74, 6) is -0.903. The maximum Gasteiger partial charge on any atom is 0.335 e. The van der Waals surface area contributed by atoms with Crippen molar-refractivity contribution in [3.63, 3.8) is 0 Å². The van der Waals surface area contributed by atoms with E-state index in [-0.39, 0.29) is 11.9 Å². The lowest BCUT2D eigenvalue weighted by atomic mass is 10.1. The zero-order valence-electron chi connectivity index (χ0n) is 8.73. The second kappa shape index (κ2) is 5.19. The maximum atomic E-state index is 10.8. The van der Waals surface area contributed by atoms with E-state index >= 15 is 0 Å². The minimum absolute atomic E-state index is 0.115. The zero-order chi connectivity index (χ0) is 11.4. The second-order valence-corrected chi connectivity index (χ2v) is 4.90. The summed E-state index contributed by atoms with van der Waals surface area (Å²) in [6.45, 7) is 3.81. The highest BCUT2D eigenvalue weighted by atomic mass is 32.2. The van der Waals surface area contributed by atoms with Crippen LogP contribution >= 0.6 is 11.8 Å². The number of aryl methyl sites for hydroxylation is 1. The monoisotopic (exact) mass is 226 g/mol. The molecule has 3 nitrogen and oxygen atoms in total. The predicted octanol–water partition coefficient (Wildman–Crippen LogP) is 2.17. The summed E-state index contributed by atoms with van der Waals surface area (Å²) in [5, 5.41) is 17.9. The second-order valence-electron chi connectivity index (χ2n) is 3.39. The van der Waals surface area contributed by atoms with Crippen LogP contribution in [0.4, 0.5) is 0 Å². The minimum Gasteiger partial charge on any atom is -0.478 e. The Morgan fingerprint density at radius 3 is 2.67 bits per heavy atom. The lowest BCUT2D eigenvalue weighted by Crippen LogP contribution is -2.03. The Balaban J connectivity index is 2.87. The number of benzene rings is 1. The SMILES string of the molecule is Cc1cc(SC(C)CO)ccc1C(=O)O. The molecule has 82 valence electrons. The number of hydrogen-bond donors (Lipinski definition) is 2. The molecule has 1 aromatic carbocycles. The Kier molecular flexibility index (Phi) is 4.17. The Morgan fingerprint density at radius 1 is 1.53 bits per heavy atom. The van der Waals surface area contributed by atoms with Crippen LogP contribution in [0.25, 0.3) is 0 Å². The van der Waals surface area contributed by atoms with E-state index in [1.54, 1.807) is 19.1 Å². The lowest BCUT2D eigenvalue weighted by molar-refractivity contribution is 0.0696. The molecule has 0 heterocycles. The number of aliphatic hydroxyl groups is 1. The average molecular weight is 226 g/mol. The zero-order valence-corrected chi connectivity index (χ0v) is 9.54. The molecule has 1 aromatic rings. The number of thioether (sulfide) groups is 1. The van der Waals surface area contributed by atoms with E-state index in [0.29, 0.717) is 5.56 Å². The number of carboxylic acids is 1. The third-order valence-electron chi connectivity index (χ3n) is 2.02. The van der Waals surface area contributed by atoms with Gasteiger partial charge in [0.25, 0.3) is 0 Å². The Labute approximate surface area is 93.1 Å². The van der Waals surface area contributed by atoms with E-state index < -0.39 is 5.97 Å². The van der Waals surface area contributed by atoms with Crippen LogP contribution in [0.2, 0.25) is 0 Å². The Hall–Kier alpha value is -1.00. The number of carboxylic acid groups (broad SMARTS) is 1. The van der Waals surface area contributed by atoms with E-state index in [4.69, 9.17) is 10.2 Å². The van der Waals surface area contributed by atoms with Gasteiger partial charge in [0.05, 0.1) is 12.2 Å². The first kappa shape index (κ1) is 12.1. The normalized spacial score (nSPS) is 12.5. The van der Waals surface area contributed by atoms with Gasteiger partial charge >= 0.3 is 5.97 Å². The van der Waals surface area contributed by atoms with E-state index in [2.05, 4.69) is 0 Å². The smallest absolute Gasteiger partial charge is 0.335 e. The molecule has 2 N–H and O–H groups in total. The van der Waals surface area contributed by atoms with E-state index in [9.17, 15) is 4.79 Å². The molecule has 15 heavy (non-hydrogen) atoms. The van der Waals surface area contributed by atoms with Crippen LogP contribution in [0.5, 0.6) is 0 Å². The fourth-order valence-electron chi connectivity index (χ4n) is 1.22. The van der Waals surface area contributed by atoms with Gasteiger partial charge in [-0.15, -0.1) is 11.8 Å². The molecule has 1 unspecified atom stereocenters. The predicted molar refractivity (Wildman–Crippen MR) is 60.5 cm³/mol. The molecule has 1 rings (SSSR count). The molecular weight excluding hydrogens is 212 g/mol. The maximum absolute atomic E-state index is 10.8. The van der Waals surface area contributed by atoms with Crippen LogP contribution in [-0.4, -0.2) is 28.0 Å². The summed E-state index contributed by atoms with van der Waals surface area (Å²) in [5.41, 5.74) is 1.08. The van der Waals surface area contributed by atoms with Crippen molar-refractivity contribution < 1.29 is 15.0 Å². The van der Waals surface area contributed by atoms with Gasteiger partial charge in [-0.05, 0) is 30.7 Å². The Bertz CT molecular complexity index is 363. The summed E-state index contributed by atoms with van der Waals surface area (Å²) < 4.78 is 0. The minimum atomic E-state index is -0.903. The van der Waals surface area contributed by atoms with E-state index in [1.165, 1.54) is 11.8 Å². The third kappa shape index (κ3) is 3.25. The van der Waals surface area contributed by atoms with Crippen LogP contribution in [0, 0.1) is 6.92 Å². The molecule has 0 bridgehead atoms. The molecule has 0 saturated heterocycles. The van der Waals surface area contributed by atoms with Crippen molar-refractivity contribution in [3.05, 3.63) is 29.3 Å². The van der Waals surface area contributed by atoms with Crippen LogP contribution in [0.3, 0.4) is 0 Å². The van der Waals surface area contributed by atoms with Gasteiger partial charge in [0.1, 0.15) is 0 Å². The number of rotatable bonds is 4. The van der Waals surface area contributed by atoms with Crippen LogP contribution in [0.15, 0.2) is 23.1 Å². The third-order valence-corrected chi connectivity index (χ3v) is 3.10. The van der Waals surface area contributed by atoms with E-state index in [1.807, 2.05) is 13.0 Å². The molecule has 1 atom stereocenters. The van der Waals surface area contributed by atoms with Crippen molar-refractivity contribution >= 4 is 17.7 Å². The molecule has 0 spiro atoms. The molecule has 0 aliphatic carbocycles. The first-order valence-corrected chi connectivity index (χ1v) is 5.54. The summed E-state index contributed by atoms with van der Waals surface area (Å²) in [6, 6.07) is 5.21. The Morgan fingerprint density at radius 2 is 2.20 bits per heavy atom. The molecule has 0 fully saturated rings. The van der Waals surface area contributed by atoms with Crippen molar-refractivity contribution in [3.8, 4) is 0 Å². The quantitative estimate of drug-likeness (QED) is 0.772. The first-order valence-electron chi connectivity index (χ1n) is 4.66. The van der Waals surface area contributed by atoms with Gasteiger partial charge in [-0.3, -0.25) is 0 Å². The van der Waals surface area contributed by atoms with E-state index in [0.717, 1.165) is 10.5 Å². The highest BCUT2D eigenvalue weighted by Gasteiger charge is 2.08. The number of aliphatic hydroxyl groups excluding tert-OH is 1. The van der Waals surface area contributed by atoms with Gasteiger partial charge < -0.3 is 10.2 Å². The molecule has 4 heteroatoms. The van der Waals surface area contributed by atoms with Gasteiger partial charge in [-0.1, -0.05) is 6.92 Å². The van der Waals surface area contributed by atoms with Crippen molar-refractivity contribution in [2.45, 2.75) is 24.0 Å². The molecule has 0 aromatic heterocycles. The fourth-order valence-corrected chi connectivity index (χ4v) is 2.15. The standard InChI is InChI=1S/C11H14O3S/c1-7-5-9(15-8(2)6-12)3-4-10(7)11(13)14/h3-5,8,12H,6H2,1-2H3,(H,13,14). The summed E-state index contributed by atoms with van der Waals surface area (Å²) >= 11 is 1.54. The largest absolute Gasteiger partial charge is 0.478 e. The van der Waals surface area contributed by atoms with Crippen molar-refractivity contribution in [2.75, 3.05) is 6.61 Å². The van der Waals surface area contributed by atoms with Crippen molar-refractivity contribution in [2.24, 2.45) is 0 Å².